The van der Waals surface area contributed by atoms with Crippen LogP contribution in [0.5, 0.6) is 0 Å². The highest BCUT2D eigenvalue weighted by Gasteiger charge is 1.99. The van der Waals surface area contributed by atoms with Crippen LogP contribution in [-0.2, 0) is 6.54 Å². The third-order valence-electron chi connectivity index (χ3n) is 2.28. The molecule has 0 radical (unpaired) electrons. The monoisotopic (exact) mass is 250 g/mol. The highest BCUT2D eigenvalue weighted by molar-refractivity contribution is 5.85. The van der Waals surface area contributed by atoms with Crippen molar-refractivity contribution in [3.63, 3.8) is 0 Å². The van der Waals surface area contributed by atoms with Crippen molar-refractivity contribution in [3.05, 3.63) is 29.8 Å². The minimum Gasteiger partial charge on any atom is -0.399 e. The Kier molecular flexibility index (Phi) is 10.00. The molecule has 88 valence electrons. The zero-order valence-corrected chi connectivity index (χ0v) is 10.9. The van der Waals surface area contributed by atoms with Gasteiger partial charge in [0.15, 0.2) is 0 Å². The SMILES string of the molecule is CCN(CC)Cc1ccc(N)cc1.Cl.Cl. The van der Waals surface area contributed by atoms with Crippen LogP contribution in [0.1, 0.15) is 19.4 Å². The largest absolute Gasteiger partial charge is 0.399 e. The molecule has 0 spiro atoms. The maximum atomic E-state index is 5.61. The Bertz CT molecular complexity index is 245. The highest BCUT2D eigenvalue weighted by Crippen LogP contribution is 2.07. The number of benzene rings is 1. The van der Waals surface area contributed by atoms with E-state index in [4.69, 9.17) is 5.73 Å². The number of nitrogen functional groups attached to an aromatic ring is 1. The summed E-state index contributed by atoms with van der Waals surface area (Å²) >= 11 is 0. The van der Waals surface area contributed by atoms with Gasteiger partial charge in [0.25, 0.3) is 0 Å². The average Bonchev–Trinajstić information content (AvgIpc) is 2.17. The summed E-state index contributed by atoms with van der Waals surface area (Å²) in [4.78, 5) is 2.38. The van der Waals surface area contributed by atoms with E-state index in [-0.39, 0.29) is 24.8 Å². The van der Waals surface area contributed by atoms with Crippen LogP contribution in [-0.4, -0.2) is 18.0 Å². The molecule has 0 fully saturated rings. The smallest absolute Gasteiger partial charge is 0.0314 e. The van der Waals surface area contributed by atoms with Crippen LogP contribution in [0, 0.1) is 0 Å². The van der Waals surface area contributed by atoms with Crippen LogP contribution < -0.4 is 5.73 Å². The number of hydrogen-bond acceptors (Lipinski definition) is 2. The molecule has 0 bridgehead atoms. The predicted octanol–water partition coefficient (Wildman–Crippen LogP) is 2.95. The van der Waals surface area contributed by atoms with Crippen LogP contribution in [0.2, 0.25) is 0 Å². The molecule has 0 amide bonds. The first kappa shape index (κ1) is 17.0. The fourth-order valence-corrected chi connectivity index (χ4v) is 1.33. The Morgan fingerprint density at radius 2 is 1.47 bits per heavy atom. The van der Waals surface area contributed by atoms with E-state index < -0.39 is 0 Å². The van der Waals surface area contributed by atoms with Gasteiger partial charge in [-0.2, -0.15) is 0 Å². The first-order valence-corrected chi connectivity index (χ1v) is 4.83. The van der Waals surface area contributed by atoms with Gasteiger partial charge >= 0.3 is 0 Å². The van der Waals surface area contributed by atoms with Crippen molar-refractivity contribution < 1.29 is 0 Å². The van der Waals surface area contributed by atoms with E-state index in [0.29, 0.717) is 0 Å². The topological polar surface area (TPSA) is 29.3 Å². The van der Waals surface area contributed by atoms with E-state index in [1.807, 2.05) is 12.1 Å². The first-order valence-electron chi connectivity index (χ1n) is 4.83. The zero-order valence-electron chi connectivity index (χ0n) is 9.27. The molecule has 0 saturated carbocycles. The lowest BCUT2D eigenvalue weighted by molar-refractivity contribution is 0.296. The molecule has 0 heterocycles. The minimum atomic E-state index is 0. The van der Waals surface area contributed by atoms with Crippen LogP contribution in [0.4, 0.5) is 5.69 Å². The van der Waals surface area contributed by atoms with E-state index in [0.717, 1.165) is 25.3 Å². The van der Waals surface area contributed by atoms with Crippen molar-refractivity contribution in [3.8, 4) is 0 Å². The second-order valence-corrected chi connectivity index (χ2v) is 3.20. The van der Waals surface area contributed by atoms with Crippen LogP contribution >= 0.6 is 24.8 Å². The lowest BCUT2D eigenvalue weighted by atomic mass is 10.2. The standard InChI is InChI=1S/C11H18N2.2ClH/c1-3-13(4-2)9-10-5-7-11(12)8-6-10;;/h5-8H,3-4,9,12H2,1-2H3;2*1H. The van der Waals surface area contributed by atoms with Crippen molar-refractivity contribution >= 4 is 30.5 Å². The summed E-state index contributed by atoms with van der Waals surface area (Å²) in [5.74, 6) is 0. The van der Waals surface area contributed by atoms with E-state index in [1.165, 1.54) is 5.56 Å². The molecular formula is C11H20Cl2N2. The van der Waals surface area contributed by atoms with Gasteiger partial charge in [0.2, 0.25) is 0 Å². The highest BCUT2D eigenvalue weighted by atomic mass is 35.5. The Morgan fingerprint density at radius 3 is 1.87 bits per heavy atom. The molecule has 0 aliphatic heterocycles. The Balaban J connectivity index is 0. The van der Waals surface area contributed by atoms with Gasteiger partial charge in [-0.3, -0.25) is 4.90 Å². The van der Waals surface area contributed by atoms with Crippen molar-refractivity contribution in [2.75, 3.05) is 18.8 Å². The van der Waals surface area contributed by atoms with Crippen molar-refractivity contribution in [2.45, 2.75) is 20.4 Å². The van der Waals surface area contributed by atoms with Gasteiger partial charge in [0.1, 0.15) is 0 Å². The lowest BCUT2D eigenvalue weighted by Crippen LogP contribution is -2.21. The second-order valence-electron chi connectivity index (χ2n) is 3.20. The fourth-order valence-electron chi connectivity index (χ4n) is 1.33. The summed E-state index contributed by atoms with van der Waals surface area (Å²) in [7, 11) is 0. The Hall–Kier alpha value is -0.440. The quantitative estimate of drug-likeness (QED) is 0.833. The molecule has 15 heavy (non-hydrogen) atoms. The molecule has 1 aromatic rings. The summed E-state index contributed by atoms with van der Waals surface area (Å²) in [6.45, 7) is 7.58. The van der Waals surface area contributed by atoms with Crippen LogP contribution in [0.3, 0.4) is 0 Å². The number of anilines is 1. The molecule has 0 saturated heterocycles. The summed E-state index contributed by atoms with van der Waals surface area (Å²) in [5, 5.41) is 0. The molecule has 1 rings (SSSR count). The van der Waals surface area contributed by atoms with Crippen molar-refractivity contribution in [2.24, 2.45) is 0 Å². The molecule has 0 aromatic heterocycles. The van der Waals surface area contributed by atoms with Crippen molar-refractivity contribution in [1.29, 1.82) is 0 Å². The number of hydrogen-bond donors (Lipinski definition) is 1. The molecule has 2 nitrogen and oxygen atoms in total. The summed E-state index contributed by atoms with van der Waals surface area (Å²) < 4.78 is 0. The summed E-state index contributed by atoms with van der Waals surface area (Å²) in [6, 6.07) is 8.10. The second kappa shape index (κ2) is 8.84. The normalized spacial score (nSPS) is 9.27. The van der Waals surface area contributed by atoms with Crippen LogP contribution in [0.15, 0.2) is 24.3 Å². The van der Waals surface area contributed by atoms with Gasteiger partial charge < -0.3 is 5.73 Å². The fraction of sp³-hybridized carbons (Fsp3) is 0.455. The van der Waals surface area contributed by atoms with E-state index in [2.05, 4.69) is 30.9 Å². The number of nitrogens with zero attached hydrogens (tertiary/aromatic N) is 1. The van der Waals surface area contributed by atoms with Crippen LogP contribution in [0.25, 0.3) is 0 Å². The molecule has 0 atom stereocenters. The third kappa shape index (κ3) is 5.88. The molecular weight excluding hydrogens is 231 g/mol. The molecule has 2 N–H and O–H groups in total. The van der Waals surface area contributed by atoms with Gasteiger partial charge in [-0.15, -0.1) is 24.8 Å². The van der Waals surface area contributed by atoms with E-state index in [1.54, 1.807) is 0 Å². The predicted molar refractivity (Wildman–Crippen MR) is 72.0 cm³/mol. The van der Waals surface area contributed by atoms with Gasteiger partial charge in [0.05, 0.1) is 0 Å². The number of rotatable bonds is 4. The van der Waals surface area contributed by atoms with E-state index >= 15 is 0 Å². The van der Waals surface area contributed by atoms with Gasteiger partial charge in [0, 0.05) is 12.2 Å². The van der Waals surface area contributed by atoms with E-state index in [9.17, 15) is 0 Å². The lowest BCUT2D eigenvalue weighted by Gasteiger charge is -2.17. The summed E-state index contributed by atoms with van der Waals surface area (Å²) in [6.07, 6.45) is 0. The Labute approximate surface area is 105 Å². The Morgan fingerprint density at radius 1 is 1.00 bits per heavy atom. The third-order valence-corrected chi connectivity index (χ3v) is 2.28. The average molecular weight is 251 g/mol. The van der Waals surface area contributed by atoms with Gasteiger partial charge in [-0.05, 0) is 30.8 Å². The maximum absolute atomic E-state index is 5.61. The van der Waals surface area contributed by atoms with Crippen molar-refractivity contribution in [1.82, 2.24) is 4.90 Å². The van der Waals surface area contributed by atoms with Gasteiger partial charge in [-0.1, -0.05) is 26.0 Å². The molecule has 1 aromatic carbocycles. The number of nitrogens with two attached hydrogens (primary N) is 1. The summed E-state index contributed by atoms with van der Waals surface area (Å²) in [5.41, 5.74) is 7.78. The molecule has 0 unspecified atom stereocenters. The van der Waals surface area contributed by atoms with Gasteiger partial charge in [-0.25, -0.2) is 0 Å². The maximum Gasteiger partial charge on any atom is 0.0314 e. The molecule has 4 heteroatoms. The molecule has 0 aliphatic rings. The minimum absolute atomic E-state index is 0. The zero-order chi connectivity index (χ0) is 9.68. The molecule has 0 aliphatic carbocycles. The first-order chi connectivity index (χ1) is 6.26. The number of halogens is 2.